The highest BCUT2D eigenvalue weighted by Crippen LogP contribution is 2.20. The number of nitrogens with two attached hydrogens (primary N) is 2. The summed E-state index contributed by atoms with van der Waals surface area (Å²) in [6.45, 7) is 2.90. The molecule has 6 nitrogen and oxygen atoms in total. The first-order chi connectivity index (χ1) is 8.15. The van der Waals surface area contributed by atoms with Crippen LogP contribution in [0.4, 0.5) is 17.8 Å². The van der Waals surface area contributed by atoms with E-state index in [0.717, 1.165) is 19.4 Å². The Morgan fingerprint density at radius 3 is 2.53 bits per heavy atom. The van der Waals surface area contributed by atoms with Crippen LogP contribution in [-0.4, -0.2) is 21.5 Å². The molecule has 0 atom stereocenters. The third-order valence-electron chi connectivity index (χ3n) is 2.64. The van der Waals surface area contributed by atoms with Gasteiger partial charge in [-0.1, -0.05) is 17.7 Å². The van der Waals surface area contributed by atoms with Gasteiger partial charge >= 0.3 is 0 Å². The van der Waals surface area contributed by atoms with Gasteiger partial charge < -0.3 is 16.8 Å². The zero-order chi connectivity index (χ0) is 12.3. The monoisotopic (exact) mass is 232 g/mol. The number of hydrogen-bond acceptors (Lipinski definition) is 6. The second kappa shape index (κ2) is 4.82. The molecular formula is C11H16N6. The van der Waals surface area contributed by atoms with Gasteiger partial charge in [0.05, 0.1) is 0 Å². The van der Waals surface area contributed by atoms with Crippen LogP contribution in [0.2, 0.25) is 0 Å². The average Bonchev–Trinajstić information content (AvgIpc) is 2.63. The van der Waals surface area contributed by atoms with Crippen LogP contribution in [0.5, 0.6) is 0 Å². The second-order valence-electron chi connectivity index (χ2n) is 3.96. The van der Waals surface area contributed by atoms with Gasteiger partial charge in [-0.2, -0.15) is 15.0 Å². The quantitative estimate of drug-likeness (QED) is 0.718. The normalized spacial score (nSPS) is 14.4. The highest BCUT2D eigenvalue weighted by atomic mass is 15.2. The number of anilines is 3. The van der Waals surface area contributed by atoms with Crippen LogP contribution in [0.15, 0.2) is 23.3 Å². The first-order valence-electron chi connectivity index (χ1n) is 5.51. The number of nitrogen functional groups attached to an aromatic ring is 2. The largest absolute Gasteiger partial charge is 0.368 e. The smallest absolute Gasteiger partial charge is 0.229 e. The molecule has 1 aliphatic carbocycles. The molecule has 0 radical (unpaired) electrons. The van der Waals surface area contributed by atoms with Crippen LogP contribution in [-0.2, 0) is 0 Å². The van der Waals surface area contributed by atoms with Gasteiger partial charge in [0.2, 0.25) is 17.8 Å². The summed E-state index contributed by atoms with van der Waals surface area (Å²) in [7, 11) is 0. The fraction of sp³-hybridized carbons (Fsp3) is 0.364. The summed E-state index contributed by atoms with van der Waals surface area (Å²) in [6.07, 6.45) is 6.32. The van der Waals surface area contributed by atoms with Crippen molar-refractivity contribution in [3.05, 3.63) is 23.3 Å². The molecule has 0 aliphatic heterocycles. The zero-order valence-corrected chi connectivity index (χ0v) is 9.77. The van der Waals surface area contributed by atoms with E-state index in [1.54, 1.807) is 0 Å². The minimum atomic E-state index is 0.135. The predicted molar refractivity (Wildman–Crippen MR) is 68.2 cm³/mol. The lowest BCUT2D eigenvalue weighted by molar-refractivity contribution is 0.966. The molecule has 1 heterocycles. The molecular weight excluding hydrogens is 216 g/mol. The maximum Gasteiger partial charge on any atom is 0.229 e. The molecule has 5 N–H and O–H groups in total. The minimum absolute atomic E-state index is 0.135. The SMILES string of the molecule is CC1=C(CCNc2nc(N)nc(N)n2)C=CC1. The van der Waals surface area contributed by atoms with Gasteiger partial charge in [0.15, 0.2) is 0 Å². The predicted octanol–water partition coefficient (Wildman–Crippen LogP) is 1.11. The Kier molecular flexibility index (Phi) is 3.22. The van der Waals surface area contributed by atoms with Gasteiger partial charge in [0.1, 0.15) is 0 Å². The molecule has 90 valence electrons. The number of hydrogen-bond donors (Lipinski definition) is 3. The van der Waals surface area contributed by atoms with E-state index in [-0.39, 0.29) is 11.9 Å². The lowest BCUT2D eigenvalue weighted by Crippen LogP contribution is -2.10. The highest BCUT2D eigenvalue weighted by molar-refractivity contribution is 5.38. The van der Waals surface area contributed by atoms with E-state index in [1.165, 1.54) is 11.1 Å². The topological polar surface area (TPSA) is 103 Å². The Morgan fingerprint density at radius 2 is 1.94 bits per heavy atom. The molecule has 0 amide bonds. The van der Waals surface area contributed by atoms with Crippen molar-refractivity contribution in [1.82, 2.24) is 15.0 Å². The van der Waals surface area contributed by atoms with Gasteiger partial charge in [-0.15, -0.1) is 0 Å². The Hall–Kier alpha value is -2.11. The third kappa shape index (κ3) is 2.93. The average molecular weight is 232 g/mol. The first kappa shape index (κ1) is 11.4. The summed E-state index contributed by atoms with van der Waals surface area (Å²) >= 11 is 0. The van der Waals surface area contributed by atoms with E-state index in [4.69, 9.17) is 11.5 Å². The van der Waals surface area contributed by atoms with Gasteiger partial charge in [-0.05, 0) is 25.3 Å². The number of aromatic nitrogens is 3. The molecule has 0 spiro atoms. The molecule has 0 saturated carbocycles. The van der Waals surface area contributed by atoms with Gasteiger partial charge in [-0.25, -0.2) is 0 Å². The summed E-state index contributed by atoms with van der Waals surface area (Å²) in [5, 5.41) is 3.08. The molecule has 2 rings (SSSR count). The number of nitrogens with zero attached hydrogens (tertiary/aromatic N) is 3. The van der Waals surface area contributed by atoms with Gasteiger partial charge in [0.25, 0.3) is 0 Å². The summed E-state index contributed by atoms with van der Waals surface area (Å²) < 4.78 is 0. The van der Waals surface area contributed by atoms with Crippen molar-refractivity contribution in [3.63, 3.8) is 0 Å². The summed E-state index contributed by atoms with van der Waals surface area (Å²) in [5.74, 6) is 0.697. The van der Waals surface area contributed by atoms with Crippen LogP contribution in [0.1, 0.15) is 19.8 Å². The van der Waals surface area contributed by atoms with Crippen molar-refractivity contribution in [1.29, 1.82) is 0 Å². The lowest BCUT2D eigenvalue weighted by Gasteiger charge is -2.06. The molecule has 1 aromatic heterocycles. The standard InChI is InChI=1S/C11H16N6/c1-7-3-2-4-8(7)5-6-14-11-16-9(12)15-10(13)17-11/h2,4H,3,5-6H2,1H3,(H5,12,13,14,15,16,17). The number of rotatable bonds is 4. The Labute approximate surface area is 99.9 Å². The molecule has 0 fully saturated rings. The molecule has 6 heteroatoms. The van der Waals surface area contributed by atoms with Crippen LogP contribution in [0.3, 0.4) is 0 Å². The zero-order valence-electron chi connectivity index (χ0n) is 9.77. The molecule has 0 bridgehead atoms. The number of nitrogens with one attached hydrogen (secondary N) is 1. The van der Waals surface area contributed by atoms with Crippen LogP contribution >= 0.6 is 0 Å². The Balaban J connectivity index is 1.90. The van der Waals surface area contributed by atoms with E-state index in [9.17, 15) is 0 Å². The van der Waals surface area contributed by atoms with Crippen LogP contribution in [0.25, 0.3) is 0 Å². The summed E-state index contributed by atoms with van der Waals surface area (Å²) in [6, 6.07) is 0. The fourth-order valence-corrected chi connectivity index (χ4v) is 1.75. The van der Waals surface area contributed by atoms with Crippen molar-refractivity contribution < 1.29 is 0 Å². The van der Waals surface area contributed by atoms with E-state index < -0.39 is 0 Å². The molecule has 1 aromatic rings. The number of allylic oxidation sites excluding steroid dienone is 3. The second-order valence-corrected chi connectivity index (χ2v) is 3.96. The van der Waals surface area contributed by atoms with E-state index in [2.05, 4.69) is 39.3 Å². The maximum absolute atomic E-state index is 5.47. The highest BCUT2D eigenvalue weighted by Gasteiger charge is 2.05. The van der Waals surface area contributed by atoms with Crippen molar-refractivity contribution in [2.75, 3.05) is 23.3 Å². The Morgan fingerprint density at radius 1 is 1.24 bits per heavy atom. The van der Waals surface area contributed by atoms with Gasteiger partial charge in [-0.3, -0.25) is 0 Å². The summed E-state index contributed by atoms with van der Waals surface area (Å²) in [5.41, 5.74) is 13.7. The van der Waals surface area contributed by atoms with Crippen molar-refractivity contribution in [2.45, 2.75) is 19.8 Å². The van der Waals surface area contributed by atoms with Crippen LogP contribution < -0.4 is 16.8 Å². The minimum Gasteiger partial charge on any atom is -0.368 e. The van der Waals surface area contributed by atoms with Crippen LogP contribution in [0, 0.1) is 0 Å². The van der Waals surface area contributed by atoms with Crippen molar-refractivity contribution >= 4 is 17.8 Å². The van der Waals surface area contributed by atoms with Crippen molar-refractivity contribution in [3.8, 4) is 0 Å². The molecule has 0 saturated heterocycles. The van der Waals surface area contributed by atoms with Crippen molar-refractivity contribution in [2.24, 2.45) is 0 Å². The molecule has 0 aromatic carbocycles. The van der Waals surface area contributed by atoms with Gasteiger partial charge in [0, 0.05) is 6.54 Å². The fourth-order valence-electron chi connectivity index (χ4n) is 1.75. The molecule has 0 unspecified atom stereocenters. The van der Waals surface area contributed by atoms with E-state index in [1.807, 2.05) is 0 Å². The summed E-state index contributed by atoms with van der Waals surface area (Å²) in [4.78, 5) is 11.6. The third-order valence-corrected chi connectivity index (χ3v) is 2.64. The first-order valence-corrected chi connectivity index (χ1v) is 5.51. The van der Waals surface area contributed by atoms with E-state index >= 15 is 0 Å². The molecule has 1 aliphatic rings. The molecule has 17 heavy (non-hydrogen) atoms. The van der Waals surface area contributed by atoms with E-state index in [0.29, 0.717) is 5.95 Å². The lowest BCUT2D eigenvalue weighted by atomic mass is 10.1. The Bertz CT molecular complexity index is 457. The maximum atomic E-state index is 5.47.